The van der Waals surface area contributed by atoms with Crippen LogP contribution < -0.4 is 20.1 Å². The fourth-order valence-corrected chi connectivity index (χ4v) is 4.43. The summed E-state index contributed by atoms with van der Waals surface area (Å²) in [5, 5.41) is 5.45. The number of carbonyl (C=O) groups excluding carboxylic acids is 2. The lowest BCUT2D eigenvalue weighted by molar-refractivity contribution is -0.122. The van der Waals surface area contributed by atoms with Crippen molar-refractivity contribution in [3.63, 3.8) is 0 Å². The maximum atomic E-state index is 12.5. The Morgan fingerprint density at radius 1 is 1.19 bits per heavy atom. The lowest BCUT2D eigenvalue weighted by atomic mass is 10.2. The molecule has 0 bridgehead atoms. The number of amides is 2. The number of rotatable bonds is 6. The van der Waals surface area contributed by atoms with E-state index in [9.17, 15) is 18.0 Å². The summed E-state index contributed by atoms with van der Waals surface area (Å²) in [5.74, 6) is -0.149. The number of hydrogen-bond acceptors (Lipinski definition) is 6. The van der Waals surface area contributed by atoms with Gasteiger partial charge in [-0.05, 0) is 62.2 Å². The van der Waals surface area contributed by atoms with E-state index >= 15 is 0 Å². The molecule has 4 rings (SSSR count). The molecule has 164 valence electrons. The van der Waals surface area contributed by atoms with Gasteiger partial charge in [0.2, 0.25) is 10.0 Å². The van der Waals surface area contributed by atoms with E-state index in [4.69, 9.17) is 9.47 Å². The maximum absolute atomic E-state index is 12.5. The van der Waals surface area contributed by atoms with Crippen molar-refractivity contribution in [3.8, 4) is 5.75 Å². The summed E-state index contributed by atoms with van der Waals surface area (Å²) in [4.78, 5) is 24.4. The molecule has 2 aliphatic heterocycles. The van der Waals surface area contributed by atoms with Crippen molar-refractivity contribution in [2.75, 3.05) is 23.8 Å². The molecule has 1 fully saturated rings. The van der Waals surface area contributed by atoms with Crippen LogP contribution in [0.1, 0.15) is 30.1 Å². The van der Waals surface area contributed by atoms with E-state index in [-0.39, 0.29) is 23.5 Å². The first-order chi connectivity index (χ1) is 14.8. The third-order valence-electron chi connectivity index (χ3n) is 5.12. The fourth-order valence-electron chi connectivity index (χ4n) is 3.37. The zero-order valence-electron chi connectivity index (χ0n) is 16.9. The van der Waals surface area contributed by atoms with Crippen molar-refractivity contribution in [1.29, 1.82) is 0 Å². The van der Waals surface area contributed by atoms with Crippen LogP contribution in [0, 0.1) is 0 Å². The predicted octanol–water partition coefficient (Wildman–Crippen LogP) is 2.12. The van der Waals surface area contributed by atoms with Gasteiger partial charge in [0.1, 0.15) is 5.75 Å². The van der Waals surface area contributed by atoms with Crippen LogP contribution in [0.25, 0.3) is 0 Å². The first-order valence-electron chi connectivity index (χ1n) is 9.96. The number of sulfonamides is 1. The highest BCUT2D eigenvalue weighted by atomic mass is 32.2. The highest BCUT2D eigenvalue weighted by molar-refractivity contribution is 7.89. The van der Waals surface area contributed by atoms with Crippen molar-refractivity contribution < 1.29 is 27.5 Å². The van der Waals surface area contributed by atoms with Gasteiger partial charge in [-0.1, -0.05) is 0 Å². The fraction of sp³-hybridized carbons (Fsp3) is 0.333. The second-order valence-electron chi connectivity index (χ2n) is 7.43. The second-order valence-corrected chi connectivity index (χ2v) is 9.19. The lowest BCUT2D eigenvalue weighted by Crippen LogP contribution is -2.34. The Morgan fingerprint density at radius 2 is 1.97 bits per heavy atom. The molecule has 3 N–H and O–H groups in total. The largest absolute Gasteiger partial charge is 0.479 e. The van der Waals surface area contributed by atoms with Crippen molar-refractivity contribution in [2.45, 2.75) is 36.9 Å². The average molecular weight is 445 g/mol. The number of fused-ring (bicyclic) bond motifs is 1. The summed E-state index contributed by atoms with van der Waals surface area (Å²) < 4.78 is 38.3. The molecule has 2 aromatic carbocycles. The summed E-state index contributed by atoms with van der Waals surface area (Å²) in [7, 11) is -3.68. The molecule has 0 saturated carbocycles. The van der Waals surface area contributed by atoms with Crippen molar-refractivity contribution in [2.24, 2.45) is 0 Å². The molecule has 2 atom stereocenters. The van der Waals surface area contributed by atoms with Crippen LogP contribution in [0.4, 0.5) is 11.4 Å². The molecule has 31 heavy (non-hydrogen) atoms. The maximum Gasteiger partial charge on any atom is 0.265 e. The van der Waals surface area contributed by atoms with Crippen LogP contribution in [0.2, 0.25) is 0 Å². The van der Waals surface area contributed by atoms with E-state index in [1.807, 2.05) is 0 Å². The smallest absolute Gasteiger partial charge is 0.265 e. The van der Waals surface area contributed by atoms with Gasteiger partial charge in [-0.25, -0.2) is 13.1 Å². The van der Waals surface area contributed by atoms with Gasteiger partial charge in [0, 0.05) is 24.4 Å². The average Bonchev–Trinajstić information content (AvgIpc) is 3.27. The van der Waals surface area contributed by atoms with E-state index in [0.717, 1.165) is 12.8 Å². The SMILES string of the molecule is CC1Oc2ccc(NC(=O)c3ccc(S(=O)(=O)NCC4CCCO4)cc3)cc2NC1=O. The molecule has 9 nitrogen and oxygen atoms in total. The highest BCUT2D eigenvalue weighted by Gasteiger charge is 2.24. The number of benzene rings is 2. The third-order valence-corrected chi connectivity index (χ3v) is 6.56. The molecule has 10 heteroatoms. The zero-order valence-corrected chi connectivity index (χ0v) is 17.7. The van der Waals surface area contributed by atoms with Gasteiger partial charge >= 0.3 is 0 Å². The summed E-state index contributed by atoms with van der Waals surface area (Å²) >= 11 is 0. The van der Waals surface area contributed by atoms with E-state index in [2.05, 4.69) is 15.4 Å². The Kier molecular flexibility index (Phi) is 5.94. The molecular weight excluding hydrogens is 422 g/mol. The minimum absolute atomic E-state index is 0.0739. The molecule has 0 spiro atoms. The van der Waals surface area contributed by atoms with Gasteiger partial charge in [0.15, 0.2) is 6.10 Å². The normalized spacial score (nSPS) is 20.5. The monoisotopic (exact) mass is 445 g/mol. The first-order valence-corrected chi connectivity index (χ1v) is 11.4. The number of hydrogen-bond donors (Lipinski definition) is 3. The first kappa shape index (κ1) is 21.3. The highest BCUT2D eigenvalue weighted by Crippen LogP contribution is 2.32. The van der Waals surface area contributed by atoms with E-state index in [1.165, 1.54) is 24.3 Å². The van der Waals surface area contributed by atoms with E-state index in [1.54, 1.807) is 25.1 Å². The van der Waals surface area contributed by atoms with Crippen LogP contribution in [0.15, 0.2) is 47.4 Å². The standard InChI is InChI=1S/C21H23N3O6S/c1-13-20(25)24-18-11-15(6-9-19(18)30-13)23-21(26)14-4-7-17(8-5-14)31(27,28)22-12-16-3-2-10-29-16/h4-9,11,13,16,22H,2-3,10,12H2,1H3,(H,23,26)(H,24,25). The van der Waals surface area contributed by atoms with Gasteiger partial charge in [-0.2, -0.15) is 0 Å². The molecule has 2 unspecified atom stereocenters. The molecule has 1 saturated heterocycles. The predicted molar refractivity (Wildman–Crippen MR) is 114 cm³/mol. The Bertz CT molecular complexity index is 1090. The van der Waals surface area contributed by atoms with Crippen LogP contribution in [-0.4, -0.2) is 45.6 Å². The molecule has 0 aromatic heterocycles. The van der Waals surface area contributed by atoms with Crippen molar-refractivity contribution in [3.05, 3.63) is 48.0 Å². The zero-order chi connectivity index (χ0) is 22.0. The van der Waals surface area contributed by atoms with E-state index in [0.29, 0.717) is 29.3 Å². The molecule has 2 aromatic rings. The number of anilines is 2. The molecule has 0 radical (unpaired) electrons. The minimum Gasteiger partial charge on any atom is -0.479 e. The Morgan fingerprint density at radius 3 is 2.68 bits per heavy atom. The molecule has 0 aliphatic carbocycles. The number of carbonyl (C=O) groups is 2. The quantitative estimate of drug-likeness (QED) is 0.626. The Labute approximate surface area is 180 Å². The van der Waals surface area contributed by atoms with Gasteiger partial charge < -0.3 is 20.1 Å². The van der Waals surface area contributed by atoms with Crippen LogP contribution in [0.3, 0.4) is 0 Å². The Balaban J connectivity index is 1.40. The van der Waals surface area contributed by atoms with Crippen LogP contribution >= 0.6 is 0 Å². The van der Waals surface area contributed by atoms with Gasteiger partial charge in [0.05, 0.1) is 16.7 Å². The summed E-state index contributed by atoms with van der Waals surface area (Å²) in [5.41, 5.74) is 1.24. The summed E-state index contributed by atoms with van der Waals surface area (Å²) in [6.45, 7) is 2.52. The van der Waals surface area contributed by atoms with Gasteiger partial charge in [-0.3, -0.25) is 9.59 Å². The lowest BCUT2D eigenvalue weighted by Gasteiger charge is -2.23. The second kappa shape index (κ2) is 8.66. The van der Waals surface area contributed by atoms with E-state index < -0.39 is 22.0 Å². The summed E-state index contributed by atoms with van der Waals surface area (Å²) in [6.07, 6.45) is 1.08. The minimum atomic E-state index is -3.68. The Hall–Kier alpha value is -2.95. The van der Waals surface area contributed by atoms with Gasteiger partial charge in [0.25, 0.3) is 11.8 Å². The van der Waals surface area contributed by atoms with Crippen LogP contribution in [-0.2, 0) is 19.6 Å². The number of nitrogens with one attached hydrogen (secondary N) is 3. The molecule has 2 amide bonds. The number of ether oxygens (including phenoxy) is 2. The third kappa shape index (κ3) is 4.87. The molecular formula is C21H23N3O6S. The van der Waals surface area contributed by atoms with Crippen molar-refractivity contribution in [1.82, 2.24) is 4.72 Å². The van der Waals surface area contributed by atoms with Crippen molar-refractivity contribution >= 4 is 33.2 Å². The topological polar surface area (TPSA) is 123 Å². The summed E-state index contributed by atoms with van der Waals surface area (Å²) in [6, 6.07) is 10.6. The molecule has 2 aliphatic rings. The molecule has 2 heterocycles. The van der Waals surface area contributed by atoms with Gasteiger partial charge in [-0.15, -0.1) is 0 Å². The van der Waals surface area contributed by atoms with Crippen LogP contribution in [0.5, 0.6) is 5.75 Å².